The van der Waals surface area contributed by atoms with Crippen molar-refractivity contribution < 1.29 is 28.5 Å². The smallest absolute Gasteiger partial charge is 0.223 e. The summed E-state index contributed by atoms with van der Waals surface area (Å²) >= 11 is 0. The number of allylic oxidation sites excluding steroid dienone is 18. The maximum atomic E-state index is 12.4. The molecule has 0 atom stereocenters. The molecule has 0 heterocycles. The lowest BCUT2D eigenvalue weighted by molar-refractivity contribution is -0.122. The molecular weight excluding hydrogens is 847 g/mol. The average molecular weight is 942 g/mol. The first-order valence-corrected chi connectivity index (χ1v) is 25.7. The van der Waals surface area contributed by atoms with Gasteiger partial charge in [-0.3, -0.25) is 9.59 Å². The summed E-state index contributed by atoms with van der Waals surface area (Å²) in [5.74, 6) is 0.252. The van der Waals surface area contributed by atoms with Gasteiger partial charge >= 0.3 is 0 Å². The van der Waals surface area contributed by atoms with Crippen LogP contribution in [-0.2, 0) is 28.5 Å². The van der Waals surface area contributed by atoms with Crippen molar-refractivity contribution in [1.82, 2.24) is 15.1 Å². The van der Waals surface area contributed by atoms with E-state index in [4.69, 9.17) is 18.9 Å². The van der Waals surface area contributed by atoms with E-state index in [0.29, 0.717) is 65.4 Å². The number of rotatable bonds is 34. The van der Waals surface area contributed by atoms with Gasteiger partial charge in [-0.05, 0) is 160 Å². The van der Waals surface area contributed by atoms with Crippen LogP contribution in [0.1, 0.15) is 146 Å². The van der Waals surface area contributed by atoms with Gasteiger partial charge in [0.15, 0.2) is 0 Å². The topological polar surface area (TPSA) is 89.6 Å². The van der Waals surface area contributed by atoms with Crippen LogP contribution < -0.4 is 5.32 Å². The molecule has 0 spiro atoms. The van der Waals surface area contributed by atoms with Crippen LogP contribution in [-0.4, -0.2) is 108 Å². The molecule has 0 radical (unpaired) electrons. The second-order valence-corrected chi connectivity index (χ2v) is 20.6. The number of nitrogens with one attached hydrogen (secondary N) is 1. The van der Waals surface area contributed by atoms with Crippen LogP contribution in [0.5, 0.6) is 0 Å². The van der Waals surface area contributed by atoms with Crippen LogP contribution in [0.2, 0.25) is 0 Å². The van der Waals surface area contributed by atoms with Crippen molar-refractivity contribution in [3.8, 4) is 0 Å². The molecule has 0 aromatic heterocycles. The lowest BCUT2D eigenvalue weighted by Gasteiger charge is -2.33. The Kier molecular flexibility index (Phi) is 30.3. The molecule has 1 N–H and O–H groups in total. The van der Waals surface area contributed by atoms with Crippen LogP contribution in [0.15, 0.2) is 118 Å². The summed E-state index contributed by atoms with van der Waals surface area (Å²) in [6, 6.07) is 0. The highest BCUT2D eigenvalue weighted by Crippen LogP contribution is 2.41. The Labute approximate surface area is 415 Å². The molecule has 0 fully saturated rings. The second kappa shape index (κ2) is 34.3. The van der Waals surface area contributed by atoms with Gasteiger partial charge in [-0.1, -0.05) is 111 Å². The van der Waals surface area contributed by atoms with Gasteiger partial charge in [0.05, 0.1) is 58.6 Å². The third-order valence-electron chi connectivity index (χ3n) is 12.9. The van der Waals surface area contributed by atoms with Gasteiger partial charge in [0.25, 0.3) is 0 Å². The van der Waals surface area contributed by atoms with Gasteiger partial charge < -0.3 is 34.1 Å². The fourth-order valence-corrected chi connectivity index (χ4v) is 8.53. The van der Waals surface area contributed by atoms with Crippen molar-refractivity contribution in [2.75, 3.05) is 86.5 Å². The third-order valence-corrected chi connectivity index (χ3v) is 12.9. The number of carbonyl (C=O) groups excluding carboxylic acids is 2. The molecule has 0 bridgehead atoms. The predicted octanol–water partition coefficient (Wildman–Crippen LogP) is 12.9. The van der Waals surface area contributed by atoms with E-state index in [9.17, 15) is 9.59 Å². The SMILES string of the molecule is CC1=C(/C=C/C(C)=C/C=C/C(C)=C/OCCC(=O)CCCCN(C)CCOCCOCCN(C)CCCNC(=O)CCO/C=C(C)/C=C/C=C(C)/C=C/C2=C(C)CCCC2(C)C)C(C)(C)CCC1. The van der Waals surface area contributed by atoms with Crippen molar-refractivity contribution in [3.63, 3.8) is 0 Å². The average Bonchev–Trinajstić information content (AvgIpc) is 3.27. The number of Topliss-reactive ketones (excluding diaryl/α,β-unsaturated/α-hetero) is 1. The molecule has 0 unspecified atom stereocenters. The number of hydrogen-bond acceptors (Lipinski definition) is 8. The molecule has 0 aromatic rings. The second-order valence-electron chi connectivity index (χ2n) is 20.6. The number of nitrogens with zero attached hydrogens (tertiary/aromatic N) is 2. The maximum Gasteiger partial charge on any atom is 0.223 e. The summed E-state index contributed by atoms with van der Waals surface area (Å²) in [6.07, 6.45) is 36.4. The summed E-state index contributed by atoms with van der Waals surface area (Å²) in [5.41, 5.74) is 10.9. The van der Waals surface area contributed by atoms with Gasteiger partial charge in [0.1, 0.15) is 5.78 Å². The largest absolute Gasteiger partial charge is 0.500 e. The van der Waals surface area contributed by atoms with Gasteiger partial charge in [-0.15, -0.1) is 0 Å². The molecule has 382 valence electrons. The van der Waals surface area contributed by atoms with E-state index in [-0.39, 0.29) is 22.5 Å². The molecule has 9 heteroatoms. The first-order valence-electron chi connectivity index (χ1n) is 25.7. The Morgan fingerprint density at radius 3 is 1.53 bits per heavy atom. The number of hydrogen-bond donors (Lipinski definition) is 1. The van der Waals surface area contributed by atoms with E-state index in [1.54, 1.807) is 12.5 Å². The number of ether oxygens (including phenoxy) is 4. The molecule has 9 nitrogen and oxygen atoms in total. The van der Waals surface area contributed by atoms with Crippen LogP contribution in [0.25, 0.3) is 0 Å². The zero-order chi connectivity index (χ0) is 50.2. The minimum absolute atomic E-state index is 0.00238. The number of unbranched alkanes of at least 4 members (excludes halogenated alkanes) is 1. The lowest BCUT2D eigenvalue weighted by atomic mass is 9.72. The standard InChI is InChI=1S/C59H95N3O6/c1-48(27-29-55-52(5)24-17-33-58(55,7)8)20-15-22-50(3)46-67-40-31-54(63)26-13-14-36-61(11)38-42-65-44-45-66-43-39-62(12)37-19-35-60-57(64)32-41-68-47-51(4)23-16-21-49(2)28-30-56-53(6)25-18-34-59(56,9)10/h15-16,20-23,27-30,46-47H,13-14,17-19,24-26,31-45H2,1-12H3,(H,60,64)/b22-15+,23-16+,29-27+,30-28+,48-20+,49-21+,50-46+,51-47+. The third kappa shape index (κ3) is 27.8. The molecule has 2 rings (SSSR count). The minimum atomic E-state index is 0.00238. The highest BCUT2D eigenvalue weighted by molar-refractivity contribution is 5.78. The summed E-state index contributed by atoms with van der Waals surface area (Å²) in [5, 5.41) is 2.99. The summed E-state index contributed by atoms with van der Waals surface area (Å²) in [7, 11) is 4.16. The number of ketones is 1. The van der Waals surface area contributed by atoms with Crippen LogP contribution in [0, 0.1) is 10.8 Å². The zero-order valence-corrected chi connectivity index (χ0v) is 45.0. The lowest BCUT2D eigenvalue weighted by Crippen LogP contribution is -2.30. The first kappa shape index (κ1) is 60.1. The van der Waals surface area contributed by atoms with Crippen molar-refractivity contribution in [2.45, 2.75) is 146 Å². The van der Waals surface area contributed by atoms with Crippen molar-refractivity contribution in [3.05, 3.63) is 118 Å². The molecule has 1 amide bonds. The van der Waals surface area contributed by atoms with Crippen LogP contribution >= 0.6 is 0 Å². The van der Waals surface area contributed by atoms with E-state index in [1.165, 1.54) is 72.0 Å². The molecule has 0 aliphatic heterocycles. The Morgan fingerprint density at radius 2 is 1.04 bits per heavy atom. The van der Waals surface area contributed by atoms with Crippen molar-refractivity contribution in [2.24, 2.45) is 10.8 Å². The van der Waals surface area contributed by atoms with Crippen LogP contribution in [0.3, 0.4) is 0 Å². The summed E-state index contributed by atoms with van der Waals surface area (Å²) < 4.78 is 22.8. The highest BCUT2D eigenvalue weighted by Gasteiger charge is 2.27. The Hall–Kier alpha value is -4.02. The van der Waals surface area contributed by atoms with E-state index in [0.717, 1.165) is 56.6 Å². The molecule has 0 saturated carbocycles. The Balaban J connectivity index is 1.41. The van der Waals surface area contributed by atoms with Gasteiger partial charge in [-0.2, -0.15) is 0 Å². The van der Waals surface area contributed by atoms with E-state index < -0.39 is 0 Å². The predicted molar refractivity (Wildman–Crippen MR) is 287 cm³/mol. The molecule has 68 heavy (non-hydrogen) atoms. The molecule has 2 aliphatic carbocycles. The zero-order valence-electron chi connectivity index (χ0n) is 45.0. The fraction of sp³-hybridized carbons (Fsp3) is 0.627. The fourth-order valence-electron chi connectivity index (χ4n) is 8.53. The van der Waals surface area contributed by atoms with Gasteiger partial charge in [0, 0.05) is 32.5 Å². The Morgan fingerprint density at radius 1 is 0.574 bits per heavy atom. The highest BCUT2D eigenvalue weighted by atomic mass is 16.5. The summed E-state index contributed by atoms with van der Waals surface area (Å²) in [6.45, 7) is 29.5. The normalized spacial score (nSPS) is 17.6. The molecular formula is C59H95N3O6. The monoisotopic (exact) mass is 942 g/mol. The van der Waals surface area contributed by atoms with Crippen molar-refractivity contribution in [1.29, 1.82) is 0 Å². The first-order chi connectivity index (χ1) is 32.4. The van der Waals surface area contributed by atoms with Gasteiger partial charge in [0.2, 0.25) is 5.91 Å². The Bertz CT molecular complexity index is 1700. The number of amides is 1. The summed E-state index contributed by atoms with van der Waals surface area (Å²) in [4.78, 5) is 29.1. The van der Waals surface area contributed by atoms with E-state index in [2.05, 4.69) is 127 Å². The molecule has 2 aliphatic rings. The van der Waals surface area contributed by atoms with Gasteiger partial charge in [-0.25, -0.2) is 0 Å². The number of likely N-dealkylation sites (N-methyl/N-ethyl adjacent to an activating group) is 2. The maximum absolute atomic E-state index is 12.4. The molecule has 0 saturated heterocycles. The van der Waals surface area contributed by atoms with Crippen LogP contribution in [0.4, 0.5) is 0 Å². The van der Waals surface area contributed by atoms with E-state index in [1.807, 2.05) is 32.1 Å². The van der Waals surface area contributed by atoms with E-state index >= 15 is 0 Å². The minimum Gasteiger partial charge on any atom is -0.500 e. The number of carbonyl (C=O) groups is 2. The van der Waals surface area contributed by atoms with Crippen molar-refractivity contribution >= 4 is 11.7 Å². The molecule has 0 aromatic carbocycles. The quantitative estimate of drug-likeness (QED) is 0.0388.